The number of rotatable bonds is 3. The monoisotopic (exact) mass is 311 g/mol. The Morgan fingerprint density at radius 1 is 1.23 bits per heavy atom. The molecule has 0 saturated carbocycles. The Morgan fingerprint density at radius 3 is 3.00 bits per heavy atom. The summed E-state index contributed by atoms with van der Waals surface area (Å²) in [5, 5.41) is 6.10. The first-order valence-corrected chi connectivity index (χ1v) is 9.12. The van der Waals surface area contributed by atoms with Crippen molar-refractivity contribution >= 4 is 33.6 Å². The number of nitrogens with one attached hydrogen (secondary N) is 2. The van der Waals surface area contributed by atoms with Crippen LogP contribution in [0.5, 0.6) is 0 Å². The van der Waals surface area contributed by atoms with E-state index in [9.17, 15) is 0 Å². The Morgan fingerprint density at radius 2 is 2.18 bits per heavy atom. The lowest BCUT2D eigenvalue weighted by Gasteiger charge is -2.21. The molecule has 0 radical (unpaired) electrons. The second-order valence-corrected chi connectivity index (χ2v) is 7.24. The van der Waals surface area contributed by atoms with Crippen molar-refractivity contribution in [3.8, 4) is 0 Å². The number of H-pyrrole nitrogens is 1. The summed E-state index contributed by atoms with van der Waals surface area (Å²) in [5.74, 6) is 2.20. The van der Waals surface area contributed by atoms with Crippen LogP contribution >= 0.6 is 11.8 Å². The van der Waals surface area contributed by atoms with Crippen LogP contribution in [-0.4, -0.2) is 22.3 Å². The first-order chi connectivity index (χ1) is 10.8. The summed E-state index contributed by atoms with van der Waals surface area (Å²) in [5.41, 5.74) is 2.25. The highest BCUT2D eigenvalue weighted by atomic mass is 32.2. The van der Waals surface area contributed by atoms with Gasteiger partial charge in [-0.3, -0.25) is 0 Å². The summed E-state index contributed by atoms with van der Waals surface area (Å²) >= 11 is 1.89. The molecule has 1 aromatic heterocycles. The van der Waals surface area contributed by atoms with Crippen LogP contribution in [0.1, 0.15) is 38.1 Å². The molecule has 0 amide bonds. The second-order valence-electron chi connectivity index (χ2n) is 5.90. The van der Waals surface area contributed by atoms with E-state index < -0.39 is 0 Å². The number of imidazole rings is 1. The molecule has 1 aliphatic heterocycles. The zero-order valence-electron chi connectivity index (χ0n) is 12.9. The molecule has 22 heavy (non-hydrogen) atoms. The third kappa shape index (κ3) is 2.50. The van der Waals surface area contributed by atoms with Crippen LogP contribution in [0, 0.1) is 0 Å². The van der Waals surface area contributed by atoms with E-state index in [1.165, 1.54) is 34.9 Å². The largest absolute Gasteiger partial charge is 0.341 e. The standard InChI is InChI=1S/C18H21N3S/c1-2-22-13-7-8-14-12(11-13)6-9-15-17(14)21-18(20-15)16-5-3-4-10-19-16/h6-9,11,16,19H,2-5,10H2,1H3,(H,20,21). The van der Waals surface area contributed by atoms with Crippen molar-refractivity contribution in [3.05, 3.63) is 36.2 Å². The third-order valence-corrected chi connectivity index (χ3v) is 5.29. The molecule has 0 spiro atoms. The quantitative estimate of drug-likeness (QED) is 0.692. The van der Waals surface area contributed by atoms with Crippen molar-refractivity contribution in [1.82, 2.24) is 15.3 Å². The van der Waals surface area contributed by atoms with Gasteiger partial charge in [-0.25, -0.2) is 4.98 Å². The fourth-order valence-electron chi connectivity index (χ4n) is 3.31. The number of fused-ring (bicyclic) bond motifs is 3. The lowest BCUT2D eigenvalue weighted by Crippen LogP contribution is -2.27. The molecule has 3 aromatic rings. The van der Waals surface area contributed by atoms with Crippen LogP contribution in [0.25, 0.3) is 21.8 Å². The maximum Gasteiger partial charge on any atom is 0.124 e. The minimum atomic E-state index is 0.381. The molecular weight excluding hydrogens is 290 g/mol. The van der Waals surface area contributed by atoms with Gasteiger partial charge in [-0.05, 0) is 48.7 Å². The molecule has 1 fully saturated rings. The average molecular weight is 311 g/mol. The first kappa shape index (κ1) is 14.1. The van der Waals surface area contributed by atoms with Gasteiger partial charge in [-0.1, -0.05) is 25.5 Å². The number of piperidine rings is 1. The highest BCUT2D eigenvalue weighted by Gasteiger charge is 2.18. The summed E-state index contributed by atoms with van der Waals surface area (Å²) in [7, 11) is 0. The predicted octanol–water partition coefficient (Wildman–Crippen LogP) is 4.64. The minimum absolute atomic E-state index is 0.381. The van der Waals surface area contributed by atoms with Crippen molar-refractivity contribution in [3.63, 3.8) is 0 Å². The Labute approximate surface area is 134 Å². The Balaban J connectivity index is 1.79. The fraction of sp³-hybridized carbons (Fsp3) is 0.389. The van der Waals surface area contributed by atoms with Gasteiger partial charge in [0.1, 0.15) is 5.82 Å². The molecule has 1 atom stereocenters. The molecule has 1 unspecified atom stereocenters. The van der Waals surface area contributed by atoms with Crippen molar-refractivity contribution in [2.75, 3.05) is 12.3 Å². The Bertz CT molecular complexity index is 803. The van der Waals surface area contributed by atoms with Crippen LogP contribution in [0.2, 0.25) is 0 Å². The number of thioether (sulfide) groups is 1. The van der Waals surface area contributed by atoms with Crippen molar-refractivity contribution < 1.29 is 0 Å². The number of hydrogen-bond donors (Lipinski definition) is 2. The van der Waals surface area contributed by atoms with Gasteiger partial charge in [0.05, 0.1) is 17.1 Å². The number of benzene rings is 2. The van der Waals surface area contributed by atoms with E-state index in [-0.39, 0.29) is 0 Å². The van der Waals surface area contributed by atoms with Gasteiger partial charge in [0.15, 0.2) is 0 Å². The smallest absolute Gasteiger partial charge is 0.124 e. The van der Waals surface area contributed by atoms with E-state index >= 15 is 0 Å². The number of aromatic nitrogens is 2. The fourth-order valence-corrected chi connectivity index (χ4v) is 4.01. The highest BCUT2D eigenvalue weighted by Crippen LogP contribution is 2.30. The van der Waals surface area contributed by atoms with Crippen LogP contribution in [-0.2, 0) is 0 Å². The van der Waals surface area contributed by atoms with Crippen molar-refractivity contribution in [2.45, 2.75) is 37.1 Å². The van der Waals surface area contributed by atoms with E-state index in [1.54, 1.807) is 0 Å². The first-order valence-electron chi connectivity index (χ1n) is 8.13. The molecule has 4 heteroatoms. The number of hydrogen-bond acceptors (Lipinski definition) is 3. The third-order valence-electron chi connectivity index (χ3n) is 4.41. The minimum Gasteiger partial charge on any atom is -0.341 e. The molecule has 2 N–H and O–H groups in total. The molecule has 1 saturated heterocycles. The van der Waals surface area contributed by atoms with Crippen LogP contribution in [0.3, 0.4) is 0 Å². The second kappa shape index (κ2) is 5.94. The number of nitrogens with zero attached hydrogens (tertiary/aromatic N) is 1. The molecule has 114 valence electrons. The highest BCUT2D eigenvalue weighted by molar-refractivity contribution is 7.99. The molecular formula is C18H21N3S. The summed E-state index contributed by atoms with van der Waals surface area (Å²) in [4.78, 5) is 9.77. The zero-order valence-corrected chi connectivity index (χ0v) is 13.7. The average Bonchev–Trinajstić information content (AvgIpc) is 3.00. The Hall–Kier alpha value is -1.52. The lowest BCUT2D eigenvalue weighted by molar-refractivity contribution is 0.400. The lowest BCUT2D eigenvalue weighted by atomic mass is 10.0. The molecule has 0 bridgehead atoms. The van der Waals surface area contributed by atoms with Gasteiger partial charge in [-0.15, -0.1) is 11.8 Å². The van der Waals surface area contributed by atoms with E-state index in [0.717, 1.165) is 29.2 Å². The van der Waals surface area contributed by atoms with E-state index in [2.05, 4.69) is 47.6 Å². The molecule has 0 aliphatic carbocycles. The van der Waals surface area contributed by atoms with Crippen molar-refractivity contribution in [1.29, 1.82) is 0 Å². The maximum atomic E-state index is 4.92. The Kier molecular flexibility index (Phi) is 3.80. The van der Waals surface area contributed by atoms with E-state index in [0.29, 0.717) is 6.04 Å². The topological polar surface area (TPSA) is 40.7 Å². The molecule has 1 aliphatic rings. The predicted molar refractivity (Wildman–Crippen MR) is 94.6 cm³/mol. The normalized spacial score (nSPS) is 19.0. The molecule has 2 aromatic carbocycles. The van der Waals surface area contributed by atoms with Gasteiger partial charge in [-0.2, -0.15) is 0 Å². The molecule has 2 heterocycles. The van der Waals surface area contributed by atoms with Gasteiger partial charge in [0.2, 0.25) is 0 Å². The number of aromatic amines is 1. The van der Waals surface area contributed by atoms with Gasteiger partial charge in [0, 0.05) is 10.3 Å². The maximum absolute atomic E-state index is 4.92. The van der Waals surface area contributed by atoms with Gasteiger partial charge >= 0.3 is 0 Å². The SMILES string of the molecule is CCSc1ccc2c(ccc3[nH]c(C4CCCCN4)nc32)c1. The molecule has 3 nitrogen and oxygen atoms in total. The summed E-state index contributed by atoms with van der Waals surface area (Å²) in [6.45, 7) is 3.29. The summed E-state index contributed by atoms with van der Waals surface area (Å²) in [6.07, 6.45) is 3.74. The zero-order chi connectivity index (χ0) is 14.9. The van der Waals surface area contributed by atoms with Crippen LogP contribution in [0.15, 0.2) is 35.2 Å². The van der Waals surface area contributed by atoms with Crippen LogP contribution < -0.4 is 5.32 Å². The van der Waals surface area contributed by atoms with E-state index in [1.807, 2.05) is 11.8 Å². The molecule has 4 rings (SSSR count). The van der Waals surface area contributed by atoms with E-state index in [4.69, 9.17) is 4.98 Å². The van der Waals surface area contributed by atoms with Gasteiger partial charge in [0.25, 0.3) is 0 Å². The van der Waals surface area contributed by atoms with Crippen LogP contribution in [0.4, 0.5) is 0 Å². The summed E-state index contributed by atoms with van der Waals surface area (Å²) in [6, 6.07) is 11.4. The van der Waals surface area contributed by atoms with Gasteiger partial charge < -0.3 is 10.3 Å². The summed E-state index contributed by atoms with van der Waals surface area (Å²) < 4.78 is 0. The van der Waals surface area contributed by atoms with Crippen molar-refractivity contribution in [2.24, 2.45) is 0 Å².